The second kappa shape index (κ2) is 11.5. The monoisotopic (exact) mass is 424 g/mol. The number of amides is 1. The van der Waals surface area contributed by atoms with E-state index in [-0.39, 0.29) is 12.5 Å². The number of thiophene rings is 1. The number of aliphatic hydroxyl groups is 1. The number of rotatable bonds is 9. The minimum absolute atomic E-state index is 0.127. The first kappa shape index (κ1) is 22.0. The quantitative estimate of drug-likeness (QED) is 0.282. The molecule has 4 N–H and O–H groups in total. The first-order chi connectivity index (χ1) is 13.5. The van der Waals surface area contributed by atoms with E-state index in [1.165, 1.54) is 18.3 Å². The van der Waals surface area contributed by atoms with E-state index >= 15 is 0 Å². The molecule has 28 heavy (non-hydrogen) atoms. The van der Waals surface area contributed by atoms with Crippen molar-refractivity contribution in [2.24, 2.45) is 4.99 Å². The molecule has 7 nitrogen and oxygen atoms in total. The van der Waals surface area contributed by atoms with E-state index in [1.54, 1.807) is 24.3 Å². The van der Waals surface area contributed by atoms with E-state index in [0.717, 1.165) is 4.88 Å². The number of guanidine groups is 1. The van der Waals surface area contributed by atoms with Gasteiger partial charge in [0.05, 0.1) is 17.4 Å². The van der Waals surface area contributed by atoms with Crippen LogP contribution in [0.4, 0.5) is 5.69 Å². The van der Waals surface area contributed by atoms with Crippen LogP contribution < -0.4 is 20.7 Å². The number of benzene rings is 1. The molecule has 0 aliphatic rings. The summed E-state index contributed by atoms with van der Waals surface area (Å²) in [5, 5.41) is 19.2. The van der Waals surface area contributed by atoms with Gasteiger partial charge in [-0.2, -0.15) is 0 Å². The summed E-state index contributed by atoms with van der Waals surface area (Å²) in [6.07, 6.45) is -0.694. The molecule has 0 spiro atoms. The Bertz CT molecular complexity index is 797. The molecular weight excluding hydrogens is 400 g/mol. The zero-order valence-corrected chi connectivity index (χ0v) is 17.4. The molecule has 152 valence electrons. The number of carbonyl (C=O) groups is 1. The fourth-order valence-electron chi connectivity index (χ4n) is 2.32. The van der Waals surface area contributed by atoms with Crippen molar-refractivity contribution in [1.29, 1.82) is 0 Å². The minimum Gasteiger partial charge on any atom is -0.492 e. The number of halogens is 1. The molecule has 1 aromatic heterocycles. The summed E-state index contributed by atoms with van der Waals surface area (Å²) in [5.41, 5.74) is 0.690. The molecule has 1 atom stereocenters. The predicted molar refractivity (Wildman–Crippen MR) is 115 cm³/mol. The number of aliphatic imine (C=N–C) groups is 1. The van der Waals surface area contributed by atoms with Crippen LogP contribution in [0.1, 0.15) is 24.8 Å². The Morgan fingerprint density at radius 3 is 2.82 bits per heavy atom. The highest BCUT2D eigenvalue weighted by atomic mass is 35.5. The minimum atomic E-state index is -0.694. The maximum atomic E-state index is 11.1. The second-order valence-electron chi connectivity index (χ2n) is 5.86. The van der Waals surface area contributed by atoms with Crippen LogP contribution in [0.2, 0.25) is 4.34 Å². The normalized spacial score (nSPS) is 12.4. The number of anilines is 1. The Morgan fingerprint density at radius 2 is 2.14 bits per heavy atom. The summed E-state index contributed by atoms with van der Waals surface area (Å²) >= 11 is 7.24. The van der Waals surface area contributed by atoms with Gasteiger partial charge in [0, 0.05) is 30.1 Å². The van der Waals surface area contributed by atoms with Crippen molar-refractivity contribution < 1.29 is 14.6 Å². The molecule has 9 heteroatoms. The summed E-state index contributed by atoms with van der Waals surface area (Å²) in [5.74, 6) is 1.14. The standard InChI is InChI=1S/C19H25ClN4O3S/c1-3-21-19(23-12-16(26)17-7-8-18(20)28-17)22-9-10-27-15-6-4-5-14(11-15)24-13(2)25/h4-8,11,16,26H,3,9-10,12H2,1-2H3,(H,24,25)(H2,21,22,23). The third-order valence-electron chi connectivity index (χ3n) is 3.51. The lowest BCUT2D eigenvalue weighted by Gasteiger charge is -2.13. The zero-order valence-electron chi connectivity index (χ0n) is 15.9. The van der Waals surface area contributed by atoms with Crippen molar-refractivity contribution in [3.63, 3.8) is 0 Å². The van der Waals surface area contributed by atoms with E-state index in [1.807, 2.05) is 19.1 Å². The van der Waals surface area contributed by atoms with Crippen LogP contribution in [0.25, 0.3) is 0 Å². The Balaban J connectivity index is 1.80. The summed E-state index contributed by atoms with van der Waals surface area (Å²) < 4.78 is 6.34. The van der Waals surface area contributed by atoms with E-state index in [2.05, 4.69) is 20.9 Å². The highest BCUT2D eigenvalue weighted by Crippen LogP contribution is 2.26. The molecule has 2 rings (SSSR count). The summed E-state index contributed by atoms with van der Waals surface area (Å²) in [6.45, 7) is 5.30. The van der Waals surface area contributed by atoms with Gasteiger partial charge in [0.2, 0.25) is 5.91 Å². The van der Waals surface area contributed by atoms with Gasteiger partial charge in [0.15, 0.2) is 5.96 Å². The van der Waals surface area contributed by atoms with Crippen LogP contribution in [0, 0.1) is 0 Å². The summed E-state index contributed by atoms with van der Waals surface area (Å²) in [7, 11) is 0. The molecule has 0 saturated carbocycles. The molecule has 1 amide bonds. The van der Waals surface area contributed by atoms with E-state index < -0.39 is 6.10 Å². The lowest BCUT2D eigenvalue weighted by molar-refractivity contribution is -0.114. The number of carbonyl (C=O) groups excluding carboxylic acids is 1. The van der Waals surface area contributed by atoms with E-state index in [0.29, 0.717) is 41.4 Å². The van der Waals surface area contributed by atoms with Gasteiger partial charge in [-0.25, -0.2) is 0 Å². The molecule has 0 bridgehead atoms. The average Bonchev–Trinajstić information content (AvgIpc) is 3.09. The molecule has 2 aromatic rings. The molecule has 1 unspecified atom stereocenters. The average molecular weight is 425 g/mol. The van der Waals surface area contributed by atoms with Crippen molar-refractivity contribution >= 4 is 40.5 Å². The fraction of sp³-hybridized carbons (Fsp3) is 0.368. The highest BCUT2D eigenvalue weighted by molar-refractivity contribution is 7.16. The molecule has 0 fully saturated rings. The molecule has 0 radical (unpaired) electrons. The van der Waals surface area contributed by atoms with Gasteiger partial charge in [0.1, 0.15) is 18.5 Å². The number of hydrogen-bond donors (Lipinski definition) is 4. The van der Waals surface area contributed by atoms with E-state index in [4.69, 9.17) is 16.3 Å². The molecule has 1 heterocycles. The van der Waals surface area contributed by atoms with Gasteiger partial charge < -0.3 is 25.8 Å². The van der Waals surface area contributed by atoms with E-state index in [9.17, 15) is 9.90 Å². The second-order valence-corrected chi connectivity index (χ2v) is 7.61. The number of aliphatic hydroxyl groups excluding tert-OH is 1. The molecule has 1 aromatic carbocycles. The maximum Gasteiger partial charge on any atom is 0.221 e. The molecule has 0 aliphatic heterocycles. The van der Waals surface area contributed by atoms with Crippen molar-refractivity contribution in [3.8, 4) is 5.75 Å². The van der Waals surface area contributed by atoms with Gasteiger partial charge in [-0.05, 0) is 31.2 Å². The van der Waals surface area contributed by atoms with Crippen molar-refractivity contribution in [2.45, 2.75) is 20.0 Å². The van der Waals surface area contributed by atoms with Gasteiger partial charge in [0.25, 0.3) is 0 Å². The van der Waals surface area contributed by atoms with Gasteiger partial charge in [-0.3, -0.25) is 9.79 Å². The number of nitrogens with zero attached hydrogens (tertiary/aromatic N) is 1. The first-order valence-corrected chi connectivity index (χ1v) is 10.1. The van der Waals surface area contributed by atoms with Crippen LogP contribution in [0.3, 0.4) is 0 Å². The Hall–Kier alpha value is -2.29. The summed E-state index contributed by atoms with van der Waals surface area (Å²) in [4.78, 5) is 16.3. The Kier molecular flexibility index (Phi) is 9.06. The third kappa shape index (κ3) is 7.75. The zero-order chi connectivity index (χ0) is 20.4. The third-order valence-corrected chi connectivity index (χ3v) is 4.84. The summed E-state index contributed by atoms with van der Waals surface area (Å²) in [6, 6.07) is 10.8. The predicted octanol–water partition coefficient (Wildman–Crippen LogP) is 3.03. The van der Waals surface area contributed by atoms with Crippen LogP contribution in [0.15, 0.2) is 41.4 Å². The smallest absolute Gasteiger partial charge is 0.221 e. The number of nitrogens with one attached hydrogen (secondary N) is 3. The van der Waals surface area contributed by atoms with Crippen LogP contribution in [-0.4, -0.2) is 43.2 Å². The van der Waals surface area contributed by atoms with Crippen LogP contribution in [-0.2, 0) is 4.79 Å². The SMILES string of the molecule is CCNC(=NCC(O)c1ccc(Cl)s1)NCCOc1cccc(NC(C)=O)c1. The number of ether oxygens (including phenoxy) is 1. The molecule has 0 aliphatic carbocycles. The van der Waals surface area contributed by atoms with Crippen molar-refractivity contribution in [1.82, 2.24) is 10.6 Å². The van der Waals surface area contributed by atoms with Crippen LogP contribution >= 0.6 is 22.9 Å². The lowest BCUT2D eigenvalue weighted by Crippen LogP contribution is -2.39. The molecule has 0 saturated heterocycles. The highest BCUT2D eigenvalue weighted by Gasteiger charge is 2.10. The van der Waals surface area contributed by atoms with Gasteiger partial charge in [-0.15, -0.1) is 11.3 Å². The Morgan fingerprint density at radius 1 is 1.32 bits per heavy atom. The topological polar surface area (TPSA) is 95.0 Å². The van der Waals surface area contributed by atoms with Crippen molar-refractivity contribution in [3.05, 3.63) is 45.6 Å². The Labute approximate surface area is 173 Å². The fourth-order valence-corrected chi connectivity index (χ4v) is 3.36. The first-order valence-electron chi connectivity index (χ1n) is 8.94. The van der Waals surface area contributed by atoms with Gasteiger partial charge in [-0.1, -0.05) is 17.7 Å². The lowest BCUT2D eigenvalue weighted by atomic mass is 10.3. The van der Waals surface area contributed by atoms with Crippen molar-refractivity contribution in [2.75, 3.05) is 31.6 Å². The van der Waals surface area contributed by atoms with Gasteiger partial charge >= 0.3 is 0 Å². The number of hydrogen-bond acceptors (Lipinski definition) is 5. The largest absolute Gasteiger partial charge is 0.492 e. The molecular formula is C19H25ClN4O3S. The van der Waals surface area contributed by atoms with Crippen LogP contribution in [0.5, 0.6) is 5.75 Å². The maximum absolute atomic E-state index is 11.1.